The third kappa shape index (κ3) is 2.60. The second-order valence-electron chi connectivity index (χ2n) is 5.38. The molecule has 2 unspecified atom stereocenters. The molecule has 1 N–H and O–H groups in total. The van der Waals surface area contributed by atoms with Gasteiger partial charge in [-0.1, -0.05) is 6.92 Å². The molecule has 2 rings (SSSR count). The van der Waals surface area contributed by atoms with Crippen molar-refractivity contribution in [3.63, 3.8) is 0 Å². The fourth-order valence-corrected chi connectivity index (χ4v) is 2.41. The van der Waals surface area contributed by atoms with Crippen LogP contribution in [0.4, 0.5) is 0 Å². The molecule has 0 aromatic carbocycles. The molecule has 0 saturated carbocycles. The lowest BCUT2D eigenvalue weighted by Crippen LogP contribution is -2.42. The summed E-state index contributed by atoms with van der Waals surface area (Å²) in [4.78, 5) is 25.6. The summed E-state index contributed by atoms with van der Waals surface area (Å²) in [5.74, 6) is -0.185. The first-order valence-corrected chi connectivity index (χ1v) is 7.02. The van der Waals surface area contributed by atoms with Crippen LogP contribution in [0.1, 0.15) is 37.9 Å². The summed E-state index contributed by atoms with van der Waals surface area (Å²) in [7, 11) is 1.88. The van der Waals surface area contributed by atoms with E-state index in [9.17, 15) is 9.59 Å². The molecule has 20 heavy (non-hydrogen) atoms. The number of imide groups is 1. The minimum atomic E-state index is -0.406. The molecule has 2 amide bonds. The normalized spacial score (nSPS) is 20.8. The van der Waals surface area contributed by atoms with E-state index in [1.165, 1.54) is 4.90 Å². The number of amides is 2. The number of carbonyl (C=O) groups excluding carboxylic acids is 2. The molecule has 1 aromatic heterocycles. The first kappa shape index (κ1) is 14.7. The van der Waals surface area contributed by atoms with E-state index in [0.717, 1.165) is 17.7 Å². The van der Waals surface area contributed by atoms with Gasteiger partial charge in [0.05, 0.1) is 18.7 Å². The van der Waals surface area contributed by atoms with Gasteiger partial charge in [-0.2, -0.15) is 5.10 Å². The molecule has 1 fully saturated rings. The molecule has 0 radical (unpaired) electrons. The Hall–Kier alpha value is -1.69. The van der Waals surface area contributed by atoms with Gasteiger partial charge < -0.3 is 5.32 Å². The van der Waals surface area contributed by atoms with Gasteiger partial charge in [-0.3, -0.25) is 19.2 Å². The Morgan fingerprint density at radius 1 is 1.50 bits per heavy atom. The van der Waals surface area contributed by atoms with Crippen molar-refractivity contribution in [1.29, 1.82) is 0 Å². The van der Waals surface area contributed by atoms with Crippen LogP contribution < -0.4 is 5.32 Å². The van der Waals surface area contributed by atoms with Crippen LogP contribution in [0, 0.1) is 6.92 Å². The van der Waals surface area contributed by atoms with E-state index in [1.54, 1.807) is 10.9 Å². The van der Waals surface area contributed by atoms with Crippen LogP contribution in [0.3, 0.4) is 0 Å². The minimum Gasteiger partial charge on any atom is -0.301 e. The predicted molar refractivity (Wildman–Crippen MR) is 74.8 cm³/mol. The lowest BCUT2D eigenvalue weighted by molar-refractivity contribution is -0.141. The Kier molecular flexibility index (Phi) is 4.23. The number of likely N-dealkylation sites (tertiary alicyclic amines) is 1. The van der Waals surface area contributed by atoms with Crippen LogP contribution in [-0.4, -0.2) is 38.6 Å². The van der Waals surface area contributed by atoms with E-state index in [0.29, 0.717) is 6.54 Å². The van der Waals surface area contributed by atoms with Gasteiger partial charge in [-0.25, -0.2) is 0 Å². The average Bonchev–Trinajstić information content (AvgIpc) is 2.88. The number of carbonyl (C=O) groups is 2. The average molecular weight is 278 g/mol. The van der Waals surface area contributed by atoms with E-state index in [4.69, 9.17) is 0 Å². The van der Waals surface area contributed by atoms with Gasteiger partial charge >= 0.3 is 0 Å². The highest BCUT2D eigenvalue weighted by atomic mass is 16.2. The summed E-state index contributed by atoms with van der Waals surface area (Å²) in [6.07, 6.45) is 2.82. The summed E-state index contributed by atoms with van der Waals surface area (Å²) < 4.78 is 1.80. The lowest BCUT2D eigenvalue weighted by Gasteiger charge is -2.21. The highest BCUT2D eigenvalue weighted by molar-refractivity contribution is 6.05. The largest absolute Gasteiger partial charge is 0.301 e. The molecule has 6 heteroatoms. The van der Waals surface area contributed by atoms with Gasteiger partial charge in [0.2, 0.25) is 11.8 Å². The highest BCUT2D eigenvalue weighted by Gasteiger charge is 2.40. The van der Waals surface area contributed by atoms with Crippen molar-refractivity contribution in [2.75, 3.05) is 0 Å². The van der Waals surface area contributed by atoms with Crippen LogP contribution in [-0.2, 0) is 23.2 Å². The maximum atomic E-state index is 12.2. The molecular weight excluding hydrogens is 256 g/mol. The molecule has 1 aliphatic heterocycles. The SMILES string of the molecule is CCC(C)N1C(=O)CC(NCc2cnn(C)c2C)C1=O. The molecule has 0 spiro atoms. The number of rotatable bonds is 5. The second kappa shape index (κ2) is 5.75. The van der Waals surface area contributed by atoms with Crippen molar-refractivity contribution in [2.45, 2.75) is 52.2 Å². The number of hydrogen-bond acceptors (Lipinski definition) is 4. The van der Waals surface area contributed by atoms with Gasteiger partial charge in [-0.15, -0.1) is 0 Å². The smallest absolute Gasteiger partial charge is 0.247 e. The van der Waals surface area contributed by atoms with E-state index in [1.807, 2.05) is 27.8 Å². The van der Waals surface area contributed by atoms with E-state index >= 15 is 0 Å². The van der Waals surface area contributed by atoms with Gasteiger partial charge in [0.25, 0.3) is 0 Å². The third-order valence-corrected chi connectivity index (χ3v) is 4.09. The summed E-state index contributed by atoms with van der Waals surface area (Å²) in [6.45, 7) is 6.42. The zero-order valence-electron chi connectivity index (χ0n) is 12.5. The van der Waals surface area contributed by atoms with Crippen molar-refractivity contribution in [3.05, 3.63) is 17.5 Å². The minimum absolute atomic E-state index is 0.0260. The zero-order chi connectivity index (χ0) is 14.9. The van der Waals surface area contributed by atoms with Crippen molar-refractivity contribution in [3.8, 4) is 0 Å². The van der Waals surface area contributed by atoms with E-state index < -0.39 is 6.04 Å². The molecule has 2 heterocycles. The Balaban J connectivity index is 2.00. The molecule has 0 bridgehead atoms. The summed E-state index contributed by atoms with van der Waals surface area (Å²) in [5.41, 5.74) is 2.11. The number of aromatic nitrogens is 2. The Morgan fingerprint density at radius 3 is 2.75 bits per heavy atom. The van der Waals surface area contributed by atoms with Gasteiger partial charge in [-0.05, 0) is 20.3 Å². The van der Waals surface area contributed by atoms with Crippen LogP contribution in [0.25, 0.3) is 0 Å². The van der Waals surface area contributed by atoms with Crippen molar-refractivity contribution >= 4 is 11.8 Å². The maximum absolute atomic E-state index is 12.2. The molecule has 110 valence electrons. The quantitative estimate of drug-likeness (QED) is 0.807. The number of aryl methyl sites for hydroxylation is 1. The lowest BCUT2D eigenvalue weighted by atomic mass is 10.2. The van der Waals surface area contributed by atoms with E-state index in [2.05, 4.69) is 10.4 Å². The number of hydrogen-bond donors (Lipinski definition) is 1. The molecule has 6 nitrogen and oxygen atoms in total. The molecule has 1 aliphatic rings. The molecule has 1 aromatic rings. The molecule has 0 aliphatic carbocycles. The fraction of sp³-hybridized carbons (Fsp3) is 0.643. The number of nitrogens with zero attached hydrogens (tertiary/aromatic N) is 3. The fourth-order valence-electron chi connectivity index (χ4n) is 2.41. The Labute approximate surface area is 119 Å². The predicted octanol–water partition coefficient (Wildman–Crippen LogP) is 0.744. The first-order valence-electron chi connectivity index (χ1n) is 7.02. The molecule has 2 atom stereocenters. The highest BCUT2D eigenvalue weighted by Crippen LogP contribution is 2.18. The first-order chi connectivity index (χ1) is 9.45. The standard InChI is InChI=1S/C14H22N4O2/c1-5-9(2)18-13(19)6-12(14(18)20)15-7-11-8-16-17(4)10(11)3/h8-9,12,15H,5-7H2,1-4H3. The zero-order valence-corrected chi connectivity index (χ0v) is 12.5. The topological polar surface area (TPSA) is 67.2 Å². The number of nitrogens with one attached hydrogen (secondary N) is 1. The Morgan fingerprint density at radius 2 is 2.20 bits per heavy atom. The summed E-state index contributed by atoms with van der Waals surface area (Å²) in [6, 6.07) is -0.432. The van der Waals surface area contributed by atoms with Gasteiger partial charge in [0, 0.05) is 30.9 Å². The van der Waals surface area contributed by atoms with Crippen molar-refractivity contribution in [2.24, 2.45) is 7.05 Å². The van der Waals surface area contributed by atoms with Crippen LogP contribution in [0.2, 0.25) is 0 Å². The van der Waals surface area contributed by atoms with Gasteiger partial charge in [0.1, 0.15) is 0 Å². The van der Waals surface area contributed by atoms with E-state index in [-0.39, 0.29) is 24.3 Å². The van der Waals surface area contributed by atoms with Crippen LogP contribution >= 0.6 is 0 Å². The van der Waals surface area contributed by atoms with Gasteiger partial charge in [0.15, 0.2) is 0 Å². The molecular formula is C14H22N4O2. The van der Waals surface area contributed by atoms with Crippen LogP contribution in [0.5, 0.6) is 0 Å². The van der Waals surface area contributed by atoms with Crippen LogP contribution in [0.15, 0.2) is 6.20 Å². The maximum Gasteiger partial charge on any atom is 0.247 e. The summed E-state index contributed by atoms with van der Waals surface area (Å²) >= 11 is 0. The van der Waals surface area contributed by atoms with Crippen molar-refractivity contribution in [1.82, 2.24) is 20.0 Å². The monoisotopic (exact) mass is 278 g/mol. The second-order valence-corrected chi connectivity index (χ2v) is 5.38. The summed E-state index contributed by atoms with van der Waals surface area (Å²) in [5, 5.41) is 7.34. The molecule has 1 saturated heterocycles. The van der Waals surface area contributed by atoms with Crippen molar-refractivity contribution < 1.29 is 9.59 Å². The third-order valence-electron chi connectivity index (χ3n) is 4.09. The Bertz CT molecular complexity index is 523.